The van der Waals surface area contributed by atoms with E-state index in [2.05, 4.69) is 75.4 Å². The molecule has 0 unspecified atom stereocenters. The molecule has 1 fully saturated rings. The van der Waals surface area contributed by atoms with Gasteiger partial charge >= 0.3 is 0 Å². The second-order valence-corrected chi connectivity index (χ2v) is 14.6. The molecule has 3 nitrogen and oxygen atoms in total. The quantitative estimate of drug-likeness (QED) is 0.493. The number of benzene rings is 1. The van der Waals surface area contributed by atoms with Gasteiger partial charge in [0.05, 0.1) is 20.7 Å². The highest BCUT2D eigenvalue weighted by atomic mass is 28.3. The number of methoxy groups -OCH3 is 1. The van der Waals surface area contributed by atoms with Crippen molar-refractivity contribution >= 4 is 14.3 Å². The van der Waals surface area contributed by atoms with Crippen molar-refractivity contribution in [2.45, 2.75) is 69.7 Å². The molecule has 0 spiro atoms. The first-order valence-corrected chi connectivity index (χ1v) is 12.7. The van der Waals surface area contributed by atoms with E-state index in [0.29, 0.717) is 16.6 Å². The van der Waals surface area contributed by atoms with Crippen molar-refractivity contribution < 1.29 is 4.74 Å². The number of nitrogens with zero attached hydrogens (tertiary/aromatic N) is 2. The van der Waals surface area contributed by atoms with Crippen LogP contribution >= 0.6 is 0 Å². The molecule has 25 heavy (non-hydrogen) atoms. The van der Waals surface area contributed by atoms with Gasteiger partial charge in [-0.1, -0.05) is 64.2 Å². The van der Waals surface area contributed by atoms with Crippen LogP contribution in [0.4, 0.5) is 0 Å². The molecule has 1 aliphatic heterocycles. The normalized spacial score (nSPS) is 20.4. The highest BCUT2D eigenvalue weighted by Gasteiger charge is 2.41. The minimum Gasteiger partial charge on any atom is -0.382 e. The molecule has 0 bridgehead atoms. The van der Waals surface area contributed by atoms with E-state index in [4.69, 9.17) is 9.84 Å². The molecule has 0 amide bonds. The molecular formula is C21H36N2OSi. The number of ether oxygens (including phenoxy) is 1. The third-order valence-corrected chi connectivity index (χ3v) is 12.3. The molecule has 4 heteroatoms. The van der Waals surface area contributed by atoms with Crippen molar-refractivity contribution in [2.24, 2.45) is 5.10 Å². The molecule has 1 aromatic rings. The van der Waals surface area contributed by atoms with Crippen molar-refractivity contribution in [2.75, 3.05) is 20.3 Å². The number of hydrogen-bond acceptors (Lipinski definition) is 3. The van der Waals surface area contributed by atoms with Crippen molar-refractivity contribution in [3.8, 4) is 0 Å². The van der Waals surface area contributed by atoms with Crippen LogP contribution < -0.4 is 0 Å². The van der Waals surface area contributed by atoms with E-state index >= 15 is 0 Å². The molecule has 0 saturated carbocycles. The Hall–Kier alpha value is -1.13. The molecular weight excluding hydrogens is 324 g/mol. The third kappa shape index (κ3) is 5.17. The van der Waals surface area contributed by atoms with Crippen LogP contribution in [0.2, 0.25) is 23.7 Å². The predicted molar refractivity (Wildman–Crippen MR) is 111 cm³/mol. The smallest absolute Gasteiger partial charge is 0.0704 e. The Bertz CT molecular complexity index is 551. The largest absolute Gasteiger partial charge is 0.382 e. The first kappa shape index (κ1) is 20.2. The van der Waals surface area contributed by atoms with Crippen LogP contribution in [-0.4, -0.2) is 45.6 Å². The molecule has 1 aromatic carbocycles. The number of hydrogen-bond donors (Lipinski definition) is 0. The summed E-state index contributed by atoms with van der Waals surface area (Å²) >= 11 is 0. The lowest BCUT2D eigenvalue weighted by molar-refractivity contribution is 0.118. The van der Waals surface area contributed by atoms with Crippen LogP contribution in [0.25, 0.3) is 0 Å². The van der Waals surface area contributed by atoms with Crippen molar-refractivity contribution in [3.05, 3.63) is 35.9 Å². The fourth-order valence-electron chi connectivity index (χ4n) is 3.42. The summed E-state index contributed by atoms with van der Waals surface area (Å²) in [5.41, 5.74) is 1.94. The Kier molecular flexibility index (Phi) is 6.86. The van der Waals surface area contributed by atoms with E-state index in [0.717, 1.165) is 19.6 Å². The zero-order valence-electron chi connectivity index (χ0n) is 17.0. The molecule has 0 radical (unpaired) electrons. The van der Waals surface area contributed by atoms with Gasteiger partial charge in [-0.2, -0.15) is 5.10 Å². The Morgan fingerprint density at radius 1 is 1.28 bits per heavy atom. The number of hydrazone groups is 1. The van der Waals surface area contributed by atoms with Gasteiger partial charge in [0.25, 0.3) is 0 Å². The standard InChI is InChI=1S/C21H36N2OSi/c1-21(2,3)25(5,6)20(15-18-11-8-7-9-12-18)16-22-23-14-10-13-19(23)17-24-4/h7-9,11-12,16,19-20H,10,13-15,17H2,1-6H3/t19-,20+/m0/s1. The fourth-order valence-corrected chi connectivity index (χ4v) is 5.72. The topological polar surface area (TPSA) is 24.8 Å². The van der Waals surface area contributed by atoms with E-state index in [9.17, 15) is 0 Å². The van der Waals surface area contributed by atoms with E-state index in [-0.39, 0.29) is 0 Å². The summed E-state index contributed by atoms with van der Waals surface area (Å²) in [6.07, 6.45) is 5.77. The van der Waals surface area contributed by atoms with Gasteiger partial charge in [-0.05, 0) is 35.4 Å². The molecule has 0 aromatic heterocycles. The Morgan fingerprint density at radius 2 is 1.96 bits per heavy atom. The van der Waals surface area contributed by atoms with E-state index in [1.807, 2.05) is 0 Å². The SMILES string of the molecule is COC[C@@H]1CCCN1N=C[C@@H](Cc1ccccc1)[Si](C)(C)C(C)(C)C. The zero-order valence-corrected chi connectivity index (χ0v) is 18.0. The molecule has 140 valence electrons. The zero-order chi connectivity index (χ0) is 18.5. The molecule has 1 heterocycles. The summed E-state index contributed by atoms with van der Waals surface area (Å²) < 4.78 is 5.37. The average Bonchev–Trinajstić information content (AvgIpc) is 2.99. The Morgan fingerprint density at radius 3 is 2.56 bits per heavy atom. The van der Waals surface area contributed by atoms with Gasteiger partial charge in [-0.15, -0.1) is 0 Å². The molecule has 0 aliphatic carbocycles. The Labute approximate surface area is 155 Å². The van der Waals surface area contributed by atoms with Gasteiger partial charge in [0, 0.05) is 19.9 Å². The summed E-state index contributed by atoms with van der Waals surface area (Å²) in [4.78, 5) is 0. The molecule has 2 atom stereocenters. The minimum atomic E-state index is -1.54. The summed E-state index contributed by atoms with van der Waals surface area (Å²) in [7, 11) is 0.249. The lowest BCUT2D eigenvalue weighted by Gasteiger charge is -2.42. The minimum absolute atomic E-state index is 0.343. The molecule has 1 aliphatic rings. The monoisotopic (exact) mass is 360 g/mol. The van der Waals surface area contributed by atoms with Crippen LogP contribution in [0.1, 0.15) is 39.2 Å². The van der Waals surface area contributed by atoms with Crippen molar-refractivity contribution in [3.63, 3.8) is 0 Å². The lowest BCUT2D eigenvalue weighted by atomic mass is 10.1. The maximum Gasteiger partial charge on any atom is 0.0704 e. The molecule has 2 rings (SSSR count). The lowest BCUT2D eigenvalue weighted by Crippen LogP contribution is -2.44. The number of rotatable bonds is 7. The molecule has 1 saturated heterocycles. The first-order chi connectivity index (χ1) is 11.8. The van der Waals surface area contributed by atoms with E-state index in [1.54, 1.807) is 7.11 Å². The van der Waals surface area contributed by atoms with Crippen LogP contribution in [0.3, 0.4) is 0 Å². The summed E-state index contributed by atoms with van der Waals surface area (Å²) in [5, 5.41) is 7.56. The van der Waals surface area contributed by atoms with Crippen LogP contribution in [0, 0.1) is 0 Å². The first-order valence-electron chi connectivity index (χ1n) is 9.59. The predicted octanol–water partition coefficient (Wildman–Crippen LogP) is 5.20. The van der Waals surface area contributed by atoms with Crippen LogP contribution in [0.15, 0.2) is 35.4 Å². The summed E-state index contributed by atoms with van der Waals surface area (Å²) in [5.74, 6) is 0. The average molecular weight is 361 g/mol. The van der Waals surface area contributed by atoms with Gasteiger partial charge in [0.1, 0.15) is 0 Å². The van der Waals surface area contributed by atoms with E-state index < -0.39 is 8.07 Å². The third-order valence-electron chi connectivity index (χ3n) is 6.26. The summed E-state index contributed by atoms with van der Waals surface area (Å²) in [6, 6.07) is 11.3. The van der Waals surface area contributed by atoms with Crippen molar-refractivity contribution in [1.82, 2.24) is 5.01 Å². The second-order valence-electron chi connectivity index (χ2n) is 8.95. The van der Waals surface area contributed by atoms with Gasteiger partial charge < -0.3 is 4.74 Å². The summed E-state index contributed by atoms with van der Waals surface area (Å²) in [6.45, 7) is 14.1. The van der Waals surface area contributed by atoms with Gasteiger partial charge in [0.2, 0.25) is 0 Å². The highest BCUT2D eigenvalue weighted by molar-refractivity contribution is 6.83. The van der Waals surface area contributed by atoms with Gasteiger partial charge in [-0.25, -0.2) is 0 Å². The van der Waals surface area contributed by atoms with Crippen LogP contribution in [-0.2, 0) is 11.2 Å². The van der Waals surface area contributed by atoms with E-state index in [1.165, 1.54) is 18.4 Å². The maximum absolute atomic E-state index is 5.37. The highest BCUT2D eigenvalue weighted by Crippen LogP contribution is 2.44. The fraction of sp³-hybridized carbons (Fsp3) is 0.667. The van der Waals surface area contributed by atoms with Gasteiger partial charge in [-0.3, -0.25) is 5.01 Å². The van der Waals surface area contributed by atoms with Gasteiger partial charge in [0.15, 0.2) is 0 Å². The molecule has 0 N–H and O–H groups in total. The Balaban J connectivity index is 2.21. The van der Waals surface area contributed by atoms with Crippen LogP contribution in [0.5, 0.6) is 0 Å². The van der Waals surface area contributed by atoms with Crippen molar-refractivity contribution in [1.29, 1.82) is 0 Å². The second kappa shape index (κ2) is 8.50. The maximum atomic E-state index is 5.37.